The number of aromatic nitrogens is 2. The van der Waals surface area contributed by atoms with Gasteiger partial charge in [-0.3, -0.25) is 4.79 Å². The molecule has 5 nitrogen and oxygen atoms in total. The van der Waals surface area contributed by atoms with E-state index in [1.54, 1.807) is 6.20 Å². The second-order valence-corrected chi connectivity index (χ2v) is 6.94. The molecule has 1 aliphatic rings. The molecule has 0 bridgehead atoms. The van der Waals surface area contributed by atoms with Crippen LogP contribution in [0.5, 0.6) is 0 Å². The molecule has 2 atom stereocenters. The molecule has 23 heavy (non-hydrogen) atoms. The van der Waals surface area contributed by atoms with Gasteiger partial charge in [0.05, 0.1) is 12.7 Å². The third-order valence-corrected chi connectivity index (χ3v) is 4.98. The van der Waals surface area contributed by atoms with E-state index in [9.17, 15) is 4.79 Å². The van der Waals surface area contributed by atoms with Crippen molar-refractivity contribution in [3.63, 3.8) is 0 Å². The monoisotopic (exact) mass is 376 g/mol. The maximum Gasteiger partial charge on any atom is 0.228 e. The van der Waals surface area contributed by atoms with Crippen LogP contribution in [0, 0.1) is 11.8 Å². The number of benzene rings is 1. The Hall–Kier alpha value is -1.66. The number of amides is 1. The van der Waals surface area contributed by atoms with Crippen LogP contribution in [0.15, 0.2) is 41.0 Å². The van der Waals surface area contributed by atoms with Crippen molar-refractivity contribution < 1.29 is 4.79 Å². The molecule has 0 unspecified atom stereocenters. The van der Waals surface area contributed by atoms with E-state index in [2.05, 4.69) is 32.4 Å². The smallest absolute Gasteiger partial charge is 0.228 e. The highest BCUT2D eigenvalue weighted by molar-refractivity contribution is 9.10. The molecule has 1 aromatic heterocycles. The van der Waals surface area contributed by atoms with Crippen molar-refractivity contribution in [2.45, 2.75) is 25.8 Å². The van der Waals surface area contributed by atoms with Gasteiger partial charge in [-0.2, -0.15) is 5.10 Å². The molecule has 1 amide bonds. The van der Waals surface area contributed by atoms with Crippen LogP contribution in [0.2, 0.25) is 0 Å². The van der Waals surface area contributed by atoms with E-state index in [4.69, 9.17) is 5.73 Å². The summed E-state index contributed by atoms with van der Waals surface area (Å²) in [6.45, 7) is 1.20. The predicted octanol–water partition coefficient (Wildman–Crippen LogP) is 3.01. The number of hydrogen-bond donors (Lipinski definition) is 2. The summed E-state index contributed by atoms with van der Waals surface area (Å²) in [6, 6.07) is 9.91. The predicted molar refractivity (Wildman–Crippen MR) is 94.0 cm³/mol. The van der Waals surface area contributed by atoms with E-state index >= 15 is 0 Å². The first-order chi connectivity index (χ1) is 11.2. The molecule has 0 spiro atoms. The molecule has 1 aliphatic carbocycles. The van der Waals surface area contributed by atoms with Crippen molar-refractivity contribution in [1.82, 2.24) is 9.78 Å². The van der Waals surface area contributed by atoms with Crippen molar-refractivity contribution in [2.75, 3.05) is 11.9 Å². The van der Waals surface area contributed by atoms with Crippen LogP contribution in [0.3, 0.4) is 0 Å². The topological polar surface area (TPSA) is 72.9 Å². The first-order valence-electron chi connectivity index (χ1n) is 7.94. The molecule has 2 aromatic rings. The Labute approximate surface area is 144 Å². The van der Waals surface area contributed by atoms with Crippen LogP contribution in [0.4, 0.5) is 5.82 Å². The van der Waals surface area contributed by atoms with Crippen molar-refractivity contribution >= 4 is 27.7 Å². The number of halogens is 1. The highest BCUT2D eigenvalue weighted by Gasteiger charge is 2.32. The Bertz CT molecular complexity index is 685. The Kier molecular flexibility index (Phi) is 5.13. The Morgan fingerprint density at radius 1 is 1.39 bits per heavy atom. The Balaban J connectivity index is 1.70. The normalized spacial score (nSPS) is 20.6. The third-order valence-electron chi connectivity index (χ3n) is 4.49. The van der Waals surface area contributed by atoms with Gasteiger partial charge in [0.15, 0.2) is 0 Å². The van der Waals surface area contributed by atoms with E-state index < -0.39 is 0 Å². The molecule has 0 saturated heterocycles. The number of nitrogens with zero attached hydrogens (tertiary/aromatic N) is 2. The summed E-state index contributed by atoms with van der Waals surface area (Å²) in [5.41, 5.74) is 6.90. The Morgan fingerprint density at radius 3 is 3.04 bits per heavy atom. The van der Waals surface area contributed by atoms with E-state index in [0.29, 0.717) is 19.0 Å². The molecule has 3 rings (SSSR count). The minimum absolute atomic E-state index is 0.0224. The number of hydrogen-bond acceptors (Lipinski definition) is 3. The highest BCUT2D eigenvalue weighted by Crippen LogP contribution is 2.31. The number of anilines is 1. The van der Waals surface area contributed by atoms with Gasteiger partial charge >= 0.3 is 0 Å². The van der Waals surface area contributed by atoms with Crippen LogP contribution in [-0.4, -0.2) is 22.2 Å². The van der Waals surface area contributed by atoms with Gasteiger partial charge in [0.2, 0.25) is 5.91 Å². The Morgan fingerprint density at radius 2 is 2.26 bits per heavy atom. The molecule has 0 aliphatic heterocycles. The van der Waals surface area contributed by atoms with Crippen LogP contribution in [0.1, 0.15) is 24.8 Å². The SMILES string of the molecule is NC[C@H]1CCC[C@H]1C(=O)Nc1ccnn1Cc1cccc(Br)c1. The number of nitrogens with one attached hydrogen (secondary N) is 1. The van der Waals surface area contributed by atoms with Gasteiger partial charge in [-0.1, -0.05) is 34.5 Å². The lowest BCUT2D eigenvalue weighted by Gasteiger charge is -2.18. The quantitative estimate of drug-likeness (QED) is 0.842. The minimum Gasteiger partial charge on any atom is -0.330 e. The van der Waals surface area contributed by atoms with Crippen LogP contribution < -0.4 is 11.1 Å². The minimum atomic E-state index is 0.0224. The van der Waals surface area contributed by atoms with E-state index in [0.717, 1.165) is 35.1 Å². The molecule has 1 aromatic carbocycles. The zero-order chi connectivity index (χ0) is 16.2. The molecule has 6 heteroatoms. The molecule has 122 valence electrons. The lowest BCUT2D eigenvalue weighted by Crippen LogP contribution is -2.30. The lowest BCUT2D eigenvalue weighted by molar-refractivity contribution is -0.120. The number of rotatable bonds is 5. The van der Waals surface area contributed by atoms with Gasteiger partial charge in [-0.25, -0.2) is 4.68 Å². The summed E-state index contributed by atoms with van der Waals surface area (Å²) in [6.07, 6.45) is 4.76. The first-order valence-corrected chi connectivity index (χ1v) is 8.74. The van der Waals surface area contributed by atoms with E-state index in [1.807, 2.05) is 28.9 Å². The molecule has 3 N–H and O–H groups in total. The molecule has 1 saturated carbocycles. The fourth-order valence-corrected chi connectivity index (χ4v) is 3.70. The van der Waals surface area contributed by atoms with Crippen molar-refractivity contribution in [1.29, 1.82) is 0 Å². The second-order valence-electron chi connectivity index (χ2n) is 6.03. The summed E-state index contributed by atoms with van der Waals surface area (Å²) in [4.78, 5) is 12.5. The maximum atomic E-state index is 12.5. The number of nitrogens with two attached hydrogens (primary N) is 1. The summed E-state index contributed by atoms with van der Waals surface area (Å²) in [7, 11) is 0. The van der Waals surface area contributed by atoms with Crippen LogP contribution in [0.25, 0.3) is 0 Å². The van der Waals surface area contributed by atoms with Crippen molar-refractivity contribution in [3.05, 3.63) is 46.6 Å². The molecule has 1 heterocycles. The second kappa shape index (κ2) is 7.27. The molecule has 1 fully saturated rings. The first kappa shape index (κ1) is 16.2. The summed E-state index contributed by atoms with van der Waals surface area (Å²) < 4.78 is 2.84. The summed E-state index contributed by atoms with van der Waals surface area (Å²) >= 11 is 3.47. The fraction of sp³-hybridized carbons (Fsp3) is 0.412. The maximum absolute atomic E-state index is 12.5. The molecular weight excluding hydrogens is 356 g/mol. The van der Waals surface area contributed by atoms with Gasteiger partial charge in [-0.05, 0) is 43.0 Å². The standard InChI is InChI=1S/C17H21BrN4O/c18-14-5-1-3-12(9-14)11-22-16(7-8-20-22)21-17(23)15-6-2-4-13(15)10-19/h1,3,5,7-9,13,15H,2,4,6,10-11,19H2,(H,21,23)/t13-,15-/m1/s1. The lowest BCUT2D eigenvalue weighted by atomic mass is 9.95. The van der Waals surface area contributed by atoms with Gasteiger partial charge in [0.1, 0.15) is 5.82 Å². The number of carbonyl (C=O) groups excluding carboxylic acids is 1. The average Bonchev–Trinajstić information content (AvgIpc) is 3.16. The zero-order valence-electron chi connectivity index (χ0n) is 12.9. The van der Waals surface area contributed by atoms with E-state index in [1.165, 1.54) is 0 Å². The largest absolute Gasteiger partial charge is 0.330 e. The van der Waals surface area contributed by atoms with Gasteiger partial charge in [0.25, 0.3) is 0 Å². The van der Waals surface area contributed by atoms with Crippen LogP contribution >= 0.6 is 15.9 Å². The van der Waals surface area contributed by atoms with Gasteiger partial charge in [-0.15, -0.1) is 0 Å². The summed E-state index contributed by atoms with van der Waals surface area (Å²) in [5, 5.41) is 7.35. The summed E-state index contributed by atoms with van der Waals surface area (Å²) in [5.74, 6) is 1.12. The van der Waals surface area contributed by atoms with Gasteiger partial charge < -0.3 is 11.1 Å². The van der Waals surface area contributed by atoms with E-state index in [-0.39, 0.29) is 11.8 Å². The number of carbonyl (C=O) groups is 1. The van der Waals surface area contributed by atoms with Crippen LogP contribution in [-0.2, 0) is 11.3 Å². The van der Waals surface area contributed by atoms with Crippen molar-refractivity contribution in [3.8, 4) is 0 Å². The molecular formula is C17H21BrN4O. The zero-order valence-corrected chi connectivity index (χ0v) is 14.5. The third kappa shape index (κ3) is 3.82. The highest BCUT2D eigenvalue weighted by atomic mass is 79.9. The van der Waals surface area contributed by atoms with Gasteiger partial charge in [0, 0.05) is 16.5 Å². The average molecular weight is 377 g/mol. The molecule has 0 radical (unpaired) electrons. The fourth-order valence-electron chi connectivity index (χ4n) is 3.26. The van der Waals surface area contributed by atoms with Crippen molar-refractivity contribution in [2.24, 2.45) is 17.6 Å².